The molecular weight excluding hydrogens is 126 g/mol. The fraction of sp³-hybridized carbons (Fsp3) is 1.00. The molecule has 0 heterocycles. The lowest BCUT2D eigenvalue weighted by Crippen LogP contribution is -2.19. The Bertz CT molecular complexity index is 108. The number of nitrogens with zero attached hydrogens (tertiary/aromatic N) is 1. The molecule has 1 aliphatic carbocycles. The van der Waals surface area contributed by atoms with Gasteiger partial charge in [0.2, 0.25) is 0 Å². The highest BCUT2D eigenvalue weighted by Crippen LogP contribution is 2.48. The van der Waals surface area contributed by atoms with Crippen molar-refractivity contribution < 1.29 is 5.11 Å². The molecule has 0 radical (unpaired) electrons. The fourth-order valence-electron chi connectivity index (χ4n) is 1.12. The lowest BCUT2D eigenvalue weighted by atomic mass is 10.0. The van der Waals surface area contributed by atoms with Gasteiger partial charge in [-0.25, -0.2) is 0 Å². The molecule has 1 aliphatic rings. The second kappa shape index (κ2) is 2.89. The maximum atomic E-state index is 8.95. The first-order valence-electron chi connectivity index (χ1n) is 3.94. The van der Waals surface area contributed by atoms with Crippen molar-refractivity contribution >= 4 is 0 Å². The number of rotatable bonds is 4. The zero-order valence-corrected chi connectivity index (χ0v) is 6.93. The molecule has 0 spiro atoms. The van der Waals surface area contributed by atoms with Crippen LogP contribution >= 0.6 is 0 Å². The Kier molecular flexibility index (Phi) is 2.32. The predicted molar refractivity (Wildman–Crippen MR) is 41.9 cm³/mol. The van der Waals surface area contributed by atoms with Gasteiger partial charge >= 0.3 is 0 Å². The highest BCUT2D eigenvalue weighted by atomic mass is 16.3. The first-order chi connectivity index (χ1) is 4.68. The zero-order chi connectivity index (χ0) is 7.61. The lowest BCUT2D eigenvalue weighted by molar-refractivity contribution is 0.191. The lowest BCUT2D eigenvalue weighted by Gasteiger charge is -2.14. The van der Waals surface area contributed by atoms with Crippen molar-refractivity contribution in [1.82, 2.24) is 4.90 Å². The number of hydrogen-bond donors (Lipinski definition) is 1. The van der Waals surface area contributed by atoms with Crippen LogP contribution in [0.15, 0.2) is 0 Å². The van der Waals surface area contributed by atoms with Crippen molar-refractivity contribution in [3.05, 3.63) is 0 Å². The maximum absolute atomic E-state index is 8.95. The average molecular weight is 143 g/mol. The monoisotopic (exact) mass is 143 g/mol. The van der Waals surface area contributed by atoms with E-state index in [1.54, 1.807) is 0 Å². The second-order valence-electron chi connectivity index (χ2n) is 3.71. The van der Waals surface area contributed by atoms with E-state index >= 15 is 0 Å². The van der Waals surface area contributed by atoms with Gasteiger partial charge in [-0.15, -0.1) is 0 Å². The maximum Gasteiger partial charge on any atom is 0.0487 e. The van der Waals surface area contributed by atoms with Crippen LogP contribution in [0, 0.1) is 5.41 Å². The van der Waals surface area contributed by atoms with Gasteiger partial charge < -0.3 is 10.0 Å². The van der Waals surface area contributed by atoms with E-state index in [0.717, 1.165) is 13.0 Å². The molecule has 0 amide bonds. The summed E-state index contributed by atoms with van der Waals surface area (Å²) in [5, 5.41) is 8.95. The standard InChI is InChI=1S/C8H17NO/c1-9(2)6-5-8(7-10)3-4-8/h10H,3-7H2,1-2H3. The molecule has 2 heteroatoms. The van der Waals surface area contributed by atoms with E-state index in [4.69, 9.17) is 5.11 Å². The summed E-state index contributed by atoms with van der Waals surface area (Å²) >= 11 is 0. The molecule has 1 fully saturated rings. The van der Waals surface area contributed by atoms with Gasteiger partial charge in [0.15, 0.2) is 0 Å². The highest BCUT2D eigenvalue weighted by molar-refractivity contribution is 4.92. The van der Waals surface area contributed by atoms with Gasteiger partial charge in [-0.05, 0) is 45.3 Å². The van der Waals surface area contributed by atoms with Crippen LogP contribution in [0.1, 0.15) is 19.3 Å². The topological polar surface area (TPSA) is 23.5 Å². The minimum absolute atomic E-state index is 0.338. The summed E-state index contributed by atoms with van der Waals surface area (Å²) in [5.41, 5.74) is 0.338. The molecular formula is C8H17NO. The van der Waals surface area contributed by atoms with Crippen LogP contribution in [-0.4, -0.2) is 37.3 Å². The molecule has 0 aromatic rings. The van der Waals surface area contributed by atoms with E-state index in [9.17, 15) is 0 Å². The Labute approximate surface area is 62.8 Å². The van der Waals surface area contributed by atoms with E-state index < -0.39 is 0 Å². The van der Waals surface area contributed by atoms with Crippen LogP contribution in [0.2, 0.25) is 0 Å². The molecule has 1 rings (SSSR count). The molecule has 2 nitrogen and oxygen atoms in total. The third-order valence-corrected chi connectivity index (χ3v) is 2.38. The van der Waals surface area contributed by atoms with Gasteiger partial charge in [-0.2, -0.15) is 0 Å². The van der Waals surface area contributed by atoms with Crippen LogP contribution in [0.3, 0.4) is 0 Å². The Morgan fingerprint density at radius 1 is 1.40 bits per heavy atom. The Morgan fingerprint density at radius 3 is 2.30 bits per heavy atom. The van der Waals surface area contributed by atoms with Gasteiger partial charge in [0.1, 0.15) is 0 Å². The summed E-state index contributed by atoms with van der Waals surface area (Å²) < 4.78 is 0. The van der Waals surface area contributed by atoms with Crippen molar-refractivity contribution in [1.29, 1.82) is 0 Å². The SMILES string of the molecule is CN(C)CCC1(CO)CC1. The average Bonchev–Trinajstić information content (AvgIpc) is 2.64. The quantitative estimate of drug-likeness (QED) is 0.626. The molecule has 10 heavy (non-hydrogen) atoms. The molecule has 1 saturated carbocycles. The molecule has 0 saturated heterocycles. The largest absolute Gasteiger partial charge is 0.396 e. The normalized spacial score (nSPS) is 21.6. The smallest absolute Gasteiger partial charge is 0.0487 e. The van der Waals surface area contributed by atoms with Crippen LogP contribution in [-0.2, 0) is 0 Å². The number of aliphatic hydroxyl groups is 1. The zero-order valence-electron chi connectivity index (χ0n) is 6.93. The summed E-state index contributed by atoms with van der Waals surface area (Å²) in [4.78, 5) is 2.18. The molecule has 0 unspecified atom stereocenters. The van der Waals surface area contributed by atoms with E-state index in [-0.39, 0.29) is 0 Å². The first-order valence-corrected chi connectivity index (χ1v) is 3.94. The molecule has 1 N–H and O–H groups in total. The van der Waals surface area contributed by atoms with Crippen molar-refractivity contribution in [3.63, 3.8) is 0 Å². The summed E-state index contributed by atoms with van der Waals surface area (Å²) in [5.74, 6) is 0. The van der Waals surface area contributed by atoms with E-state index in [0.29, 0.717) is 12.0 Å². The van der Waals surface area contributed by atoms with Crippen molar-refractivity contribution in [2.75, 3.05) is 27.2 Å². The molecule has 0 bridgehead atoms. The molecule has 60 valence electrons. The molecule has 0 aromatic heterocycles. The number of hydrogen-bond acceptors (Lipinski definition) is 2. The van der Waals surface area contributed by atoms with Crippen LogP contribution in [0.25, 0.3) is 0 Å². The fourth-order valence-corrected chi connectivity index (χ4v) is 1.12. The Balaban J connectivity index is 2.13. The Morgan fingerprint density at radius 2 is 2.00 bits per heavy atom. The molecule has 0 aromatic carbocycles. The van der Waals surface area contributed by atoms with Gasteiger partial charge in [0.25, 0.3) is 0 Å². The van der Waals surface area contributed by atoms with Crippen LogP contribution in [0.4, 0.5) is 0 Å². The van der Waals surface area contributed by atoms with E-state index in [2.05, 4.69) is 19.0 Å². The van der Waals surface area contributed by atoms with Crippen molar-refractivity contribution in [2.24, 2.45) is 5.41 Å². The van der Waals surface area contributed by atoms with Gasteiger partial charge in [-0.1, -0.05) is 0 Å². The van der Waals surface area contributed by atoms with Gasteiger partial charge in [0, 0.05) is 6.61 Å². The first kappa shape index (κ1) is 8.02. The Hall–Kier alpha value is -0.0800. The predicted octanol–water partition coefficient (Wildman–Crippen LogP) is 0.711. The minimum Gasteiger partial charge on any atom is -0.396 e. The summed E-state index contributed by atoms with van der Waals surface area (Å²) in [6.45, 7) is 1.50. The summed E-state index contributed by atoms with van der Waals surface area (Å²) in [6, 6.07) is 0. The number of aliphatic hydroxyl groups excluding tert-OH is 1. The highest BCUT2D eigenvalue weighted by Gasteiger charge is 2.41. The second-order valence-corrected chi connectivity index (χ2v) is 3.71. The third kappa shape index (κ3) is 1.96. The van der Waals surface area contributed by atoms with Crippen LogP contribution < -0.4 is 0 Å². The molecule has 0 aliphatic heterocycles. The van der Waals surface area contributed by atoms with E-state index in [1.165, 1.54) is 12.8 Å². The third-order valence-electron chi connectivity index (χ3n) is 2.38. The van der Waals surface area contributed by atoms with Crippen molar-refractivity contribution in [3.8, 4) is 0 Å². The van der Waals surface area contributed by atoms with E-state index in [1.807, 2.05) is 0 Å². The summed E-state index contributed by atoms with van der Waals surface area (Å²) in [7, 11) is 4.15. The van der Waals surface area contributed by atoms with Gasteiger partial charge in [0.05, 0.1) is 0 Å². The summed E-state index contributed by atoms with van der Waals surface area (Å²) in [6.07, 6.45) is 3.63. The van der Waals surface area contributed by atoms with Gasteiger partial charge in [-0.3, -0.25) is 0 Å². The van der Waals surface area contributed by atoms with Crippen LogP contribution in [0.5, 0.6) is 0 Å². The van der Waals surface area contributed by atoms with Crippen molar-refractivity contribution in [2.45, 2.75) is 19.3 Å². The molecule has 0 atom stereocenters. The minimum atomic E-state index is 0.338.